The molecule has 0 unspecified atom stereocenters. The third kappa shape index (κ3) is 3.15. The highest BCUT2D eigenvalue weighted by molar-refractivity contribution is 5.78. The lowest BCUT2D eigenvalue weighted by atomic mass is 10.0. The van der Waals surface area contributed by atoms with Crippen LogP contribution in [0, 0.1) is 0 Å². The first-order chi connectivity index (χ1) is 10.9. The molecule has 0 aliphatic carbocycles. The van der Waals surface area contributed by atoms with Crippen LogP contribution < -0.4 is 5.73 Å². The molecule has 2 aromatic carbocycles. The average molecular weight is 315 g/mol. The van der Waals surface area contributed by atoms with Gasteiger partial charge < -0.3 is 5.73 Å². The molecule has 0 radical (unpaired) electrons. The molecule has 3 rings (SSSR count). The van der Waals surface area contributed by atoms with E-state index in [4.69, 9.17) is 5.73 Å². The van der Waals surface area contributed by atoms with Gasteiger partial charge in [-0.25, -0.2) is 0 Å². The molecule has 0 fully saturated rings. The molecule has 2 N–H and O–H groups in total. The molecule has 3 nitrogen and oxygen atoms in total. The third-order valence-electron chi connectivity index (χ3n) is 3.37. The number of aromatic nitrogens is 2. The SMILES string of the molecule is Nc1ccc(-c2nccnc2-c2ccc(C(F)(F)F)cc2)cc1. The standard InChI is InChI=1S/C17H12F3N3/c18-17(19,20)13-5-1-11(2-6-13)15-16(23-10-9-22-15)12-3-7-14(21)8-4-12/h1-10H,21H2. The Morgan fingerprint density at radius 3 is 1.57 bits per heavy atom. The van der Waals surface area contributed by atoms with Crippen LogP contribution in [0.25, 0.3) is 22.5 Å². The zero-order chi connectivity index (χ0) is 16.4. The van der Waals surface area contributed by atoms with Crippen molar-refractivity contribution in [3.8, 4) is 22.5 Å². The summed E-state index contributed by atoms with van der Waals surface area (Å²) >= 11 is 0. The Balaban J connectivity index is 2.05. The zero-order valence-corrected chi connectivity index (χ0v) is 11.9. The van der Waals surface area contributed by atoms with Crippen molar-refractivity contribution >= 4 is 5.69 Å². The Kier molecular flexibility index (Phi) is 3.73. The highest BCUT2D eigenvalue weighted by atomic mass is 19.4. The van der Waals surface area contributed by atoms with Gasteiger partial charge in [0.05, 0.1) is 17.0 Å². The Bertz CT molecular complexity index is 810. The molecule has 3 aromatic rings. The Labute approximate surface area is 130 Å². The predicted octanol–water partition coefficient (Wildman–Crippen LogP) is 4.41. The number of nitrogens with two attached hydrogens (primary N) is 1. The first-order valence-corrected chi connectivity index (χ1v) is 6.80. The van der Waals surface area contributed by atoms with Crippen molar-refractivity contribution in [2.24, 2.45) is 0 Å². The van der Waals surface area contributed by atoms with Crippen LogP contribution in [0.3, 0.4) is 0 Å². The maximum absolute atomic E-state index is 12.7. The van der Waals surface area contributed by atoms with Crippen LogP contribution in [0.1, 0.15) is 5.56 Å². The van der Waals surface area contributed by atoms with E-state index in [0.29, 0.717) is 22.6 Å². The van der Waals surface area contributed by atoms with Crippen molar-refractivity contribution in [3.05, 3.63) is 66.5 Å². The van der Waals surface area contributed by atoms with E-state index < -0.39 is 11.7 Å². The van der Waals surface area contributed by atoms with Crippen LogP contribution in [-0.2, 0) is 6.18 Å². The number of nitrogens with zero attached hydrogens (tertiary/aromatic N) is 2. The number of rotatable bonds is 2. The molecule has 0 bridgehead atoms. The molecule has 6 heteroatoms. The Morgan fingerprint density at radius 1 is 0.696 bits per heavy atom. The summed E-state index contributed by atoms with van der Waals surface area (Å²) in [6.45, 7) is 0. The number of halogens is 3. The molecule has 23 heavy (non-hydrogen) atoms. The lowest BCUT2D eigenvalue weighted by molar-refractivity contribution is -0.137. The number of hydrogen-bond donors (Lipinski definition) is 1. The highest BCUT2D eigenvalue weighted by Crippen LogP contribution is 2.33. The van der Waals surface area contributed by atoms with Gasteiger partial charge in [-0.05, 0) is 24.3 Å². The van der Waals surface area contributed by atoms with Crippen LogP contribution in [0.2, 0.25) is 0 Å². The maximum Gasteiger partial charge on any atom is 0.416 e. The smallest absolute Gasteiger partial charge is 0.399 e. The van der Waals surface area contributed by atoms with Gasteiger partial charge in [-0.15, -0.1) is 0 Å². The monoisotopic (exact) mass is 315 g/mol. The molecule has 0 spiro atoms. The van der Waals surface area contributed by atoms with E-state index in [1.54, 1.807) is 30.5 Å². The van der Waals surface area contributed by atoms with Gasteiger partial charge in [0.15, 0.2) is 0 Å². The van der Waals surface area contributed by atoms with Crippen molar-refractivity contribution in [3.63, 3.8) is 0 Å². The molecule has 0 saturated heterocycles. The van der Waals surface area contributed by atoms with Crippen molar-refractivity contribution < 1.29 is 13.2 Å². The number of alkyl halides is 3. The summed E-state index contributed by atoms with van der Waals surface area (Å²) in [6.07, 6.45) is -1.31. The van der Waals surface area contributed by atoms with E-state index >= 15 is 0 Å². The summed E-state index contributed by atoms with van der Waals surface area (Å²) in [6, 6.07) is 11.9. The lowest BCUT2D eigenvalue weighted by Crippen LogP contribution is -2.04. The summed E-state index contributed by atoms with van der Waals surface area (Å²) < 4.78 is 38.0. The van der Waals surface area contributed by atoms with Crippen LogP contribution in [0.15, 0.2) is 60.9 Å². The molecule has 116 valence electrons. The summed E-state index contributed by atoms with van der Waals surface area (Å²) in [7, 11) is 0. The predicted molar refractivity (Wildman–Crippen MR) is 82.3 cm³/mol. The molecule has 1 aromatic heterocycles. The van der Waals surface area contributed by atoms with Gasteiger partial charge in [-0.1, -0.05) is 24.3 Å². The van der Waals surface area contributed by atoms with E-state index in [-0.39, 0.29) is 0 Å². The van der Waals surface area contributed by atoms with Crippen molar-refractivity contribution in [1.29, 1.82) is 0 Å². The van der Waals surface area contributed by atoms with Crippen molar-refractivity contribution in [1.82, 2.24) is 9.97 Å². The minimum absolute atomic E-state index is 0.519. The molecule has 0 saturated carbocycles. The molecular weight excluding hydrogens is 303 g/mol. The first kappa shape index (κ1) is 15.0. The van der Waals surface area contributed by atoms with Gasteiger partial charge in [0.25, 0.3) is 0 Å². The molecule has 0 amide bonds. The minimum atomic E-state index is -4.36. The fourth-order valence-electron chi connectivity index (χ4n) is 2.22. The molecule has 0 aliphatic heterocycles. The summed E-state index contributed by atoms with van der Waals surface area (Å²) in [5, 5.41) is 0. The van der Waals surface area contributed by atoms with Crippen molar-refractivity contribution in [2.75, 3.05) is 5.73 Å². The van der Waals surface area contributed by atoms with Gasteiger partial charge >= 0.3 is 6.18 Å². The normalized spacial score (nSPS) is 11.4. The largest absolute Gasteiger partial charge is 0.416 e. The molecule has 0 aliphatic rings. The Morgan fingerprint density at radius 2 is 1.13 bits per heavy atom. The zero-order valence-electron chi connectivity index (χ0n) is 11.9. The second kappa shape index (κ2) is 5.72. The minimum Gasteiger partial charge on any atom is -0.399 e. The second-order valence-electron chi connectivity index (χ2n) is 4.95. The average Bonchev–Trinajstić information content (AvgIpc) is 2.55. The van der Waals surface area contributed by atoms with Crippen LogP contribution in [0.5, 0.6) is 0 Å². The summed E-state index contributed by atoms with van der Waals surface area (Å²) in [5.74, 6) is 0. The quantitative estimate of drug-likeness (QED) is 0.713. The van der Waals surface area contributed by atoms with Crippen LogP contribution in [0.4, 0.5) is 18.9 Å². The maximum atomic E-state index is 12.7. The summed E-state index contributed by atoms with van der Waals surface area (Å²) in [5.41, 5.74) is 8.06. The van der Waals surface area contributed by atoms with E-state index in [2.05, 4.69) is 9.97 Å². The van der Waals surface area contributed by atoms with E-state index in [1.807, 2.05) is 0 Å². The summed E-state index contributed by atoms with van der Waals surface area (Å²) in [4.78, 5) is 8.57. The van der Waals surface area contributed by atoms with Gasteiger partial charge in [-0.2, -0.15) is 13.2 Å². The van der Waals surface area contributed by atoms with Crippen molar-refractivity contribution in [2.45, 2.75) is 6.18 Å². The molecule has 0 atom stereocenters. The lowest BCUT2D eigenvalue weighted by Gasteiger charge is -2.10. The fourth-order valence-corrected chi connectivity index (χ4v) is 2.22. The number of anilines is 1. The second-order valence-corrected chi connectivity index (χ2v) is 4.95. The number of nitrogen functional groups attached to an aromatic ring is 1. The van der Waals surface area contributed by atoms with Gasteiger partial charge in [0.2, 0.25) is 0 Å². The fraction of sp³-hybridized carbons (Fsp3) is 0.0588. The molecular formula is C17H12F3N3. The van der Waals surface area contributed by atoms with E-state index in [0.717, 1.165) is 17.7 Å². The van der Waals surface area contributed by atoms with Crippen LogP contribution in [-0.4, -0.2) is 9.97 Å². The highest BCUT2D eigenvalue weighted by Gasteiger charge is 2.30. The van der Waals surface area contributed by atoms with E-state index in [9.17, 15) is 13.2 Å². The number of benzene rings is 2. The van der Waals surface area contributed by atoms with Crippen LogP contribution >= 0.6 is 0 Å². The third-order valence-corrected chi connectivity index (χ3v) is 3.37. The first-order valence-electron chi connectivity index (χ1n) is 6.80. The van der Waals surface area contributed by atoms with Gasteiger partial charge in [0.1, 0.15) is 0 Å². The van der Waals surface area contributed by atoms with E-state index in [1.165, 1.54) is 18.3 Å². The topological polar surface area (TPSA) is 51.8 Å². The van der Waals surface area contributed by atoms with Gasteiger partial charge in [0, 0.05) is 29.2 Å². The Hall–Kier alpha value is -2.89. The number of hydrogen-bond acceptors (Lipinski definition) is 3. The van der Waals surface area contributed by atoms with Gasteiger partial charge in [-0.3, -0.25) is 9.97 Å². The molecule has 1 heterocycles.